The first-order valence-electron chi connectivity index (χ1n) is 8.25. The highest BCUT2D eigenvalue weighted by Gasteiger charge is 2.10. The molecule has 0 saturated carbocycles. The third kappa shape index (κ3) is 4.01. The minimum atomic E-state index is -0.00356. The van der Waals surface area contributed by atoms with Crippen LogP contribution in [-0.4, -0.2) is 18.2 Å². The Morgan fingerprint density at radius 1 is 1.12 bits per heavy atom. The van der Waals surface area contributed by atoms with E-state index in [1.165, 1.54) is 0 Å². The molecule has 0 aliphatic heterocycles. The number of para-hydroxylation sites is 1. The van der Waals surface area contributed by atoms with E-state index in [4.69, 9.17) is 4.42 Å². The van der Waals surface area contributed by atoms with Crippen LogP contribution in [0.15, 0.2) is 63.9 Å². The molecule has 0 radical (unpaired) electrons. The number of carbonyl (C=O) groups is 1. The maximum absolute atomic E-state index is 12.3. The zero-order valence-electron chi connectivity index (χ0n) is 13.7. The summed E-state index contributed by atoms with van der Waals surface area (Å²) in [4.78, 5) is 13.4. The fourth-order valence-electron chi connectivity index (χ4n) is 2.66. The number of carbonyl (C=O) groups excluding carboxylic acids is 1. The normalized spacial score (nSPS) is 10.9. The van der Waals surface area contributed by atoms with Crippen LogP contribution in [0.5, 0.6) is 0 Å². The third-order valence-electron chi connectivity index (χ3n) is 3.79. The van der Waals surface area contributed by atoms with Gasteiger partial charge in [0.15, 0.2) is 0 Å². The number of hydrogen-bond donors (Lipinski definition) is 1. The second kappa shape index (κ2) is 8.06. The minimum absolute atomic E-state index is 0.00356. The summed E-state index contributed by atoms with van der Waals surface area (Å²) >= 11 is 1.69. The van der Waals surface area contributed by atoms with Gasteiger partial charge < -0.3 is 9.73 Å². The van der Waals surface area contributed by atoms with E-state index >= 15 is 0 Å². The third-order valence-corrected chi connectivity index (χ3v) is 4.75. The molecule has 0 bridgehead atoms. The van der Waals surface area contributed by atoms with Crippen molar-refractivity contribution in [3.8, 4) is 0 Å². The van der Waals surface area contributed by atoms with Gasteiger partial charge in [-0.3, -0.25) is 4.79 Å². The number of fused-ring (bicyclic) bond motifs is 1. The lowest BCUT2D eigenvalue weighted by atomic mass is 10.2. The first-order chi connectivity index (χ1) is 11.8. The smallest absolute Gasteiger partial charge is 0.252 e. The zero-order chi connectivity index (χ0) is 16.8. The summed E-state index contributed by atoms with van der Waals surface area (Å²) in [5.41, 5.74) is 1.68. The molecular formula is C20H21NO2S. The fourth-order valence-corrected chi connectivity index (χ4v) is 3.46. The summed E-state index contributed by atoms with van der Waals surface area (Å²) < 4.78 is 5.79. The van der Waals surface area contributed by atoms with Gasteiger partial charge in [0, 0.05) is 23.2 Å². The number of thioether (sulfide) groups is 1. The number of nitrogens with one attached hydrogen (secondary N) is 1. The molecule has 1 heterocycles. The van der Waals surface area contributed by atoms with Gasteiger partial charge >= 0.3 is 0 Å². The maximum atomic E-state index is 12.3. The van der Waals surface area contributed by atoms with Crippen molar-refractivity contribution in [2.75, 3.05) is 12.3 Å². The second-order valence-corrected chi connectivity index (χ2v) is 6.85. The lowest BCUT2D eigenvalue weighted by molar-refractivity contribution is 0.0950. The van der Waals surface area contributed by atoms with Gasteiger partial charge in [0.1, 0.15) is 11.3 Å². The van der Waals surface area contributed by atoms with Gasteiger partial charge in [-0.2, -0.15) is 0 Å². The van der Waals surface area contributed by atoms with Gasteiger partial charge in [-0.1, -0.05) is 37.3 Å². The van der Waals surface area contributed by atoms with Crippen LogP contribution in [0.4, 0.5) is 0 Å². The number of amides is 1. The molecule has 0 spiro atoms. The van der Waals surface area contributed by atoms with Crippen molar-refractivity contribution in [2.45, 2.75) is 24.7 Å². The maximum Gasteiger partial charge on any atom is 0.252 e. The Hall–Kier alpha value is -2.20. The van der Waals surface area contributed by atoms with Crippen molar-refractivity contribution in [2.24, 2.45) is 0 Å². The van der Waals surface area contributed by atoms with E-state index in [-0.39, 0.29) is 5.91 Å². The van der Waals surface area contributed by atoms with Crippen LogP contribution < -0.4 is 5.32 Å². The number of benzene rings is 2. The number of aryl methyl sites for hydroxylation is 1. The molecule has 24 heavy (non-hydrogen) atoms. The molecule has 0 aliphatic rings. The Bertz CT molecular complexity index is 792. The van der Waals surface area contributed by atoms with Crippen LogP contribution in [0.3, 0.4) is 0 Å². The monoisotopic (exact) mass is 339 g/mol. The standard InChI is InChI=1S/C20H21NO2S/c1-2-24-19-12-6-4-10-17(19)20(22)21-13-7-9-16-14-15-8-3-5-11-18(15)23-16/h3-6,8,10-12,14H,2,7,9,13H2,1H3,(H,21,22). The van der Waals surface area contributed by atoms with Gasteiger partial charge in [0.05, 0.1) is 5.56 Å². The first-order valence-corrected chi connectivity index (χ1v) is 9.24. The predicted molar refractivity (Wildman–Crippen MR) is 99.7 cm³/mol. The zero-order valence-corrected chi connectivity index (χ0v) is 14.6. The van der Waals surface area contributed by atoms with E-state index in [0.29, 0.717) is 6.54 Å². The molecule has 0 unspecified atom stereocenters. The van der Waals surface area contributed by atoms with Crippen molar-refractivity contribution >= 4 is 28.6 Å². The Kier molecular flexibility index (Phi) is 5.59. The molecule has 1 amide bonds. The van der Waals surface area contributed by atoms with E-state index < -0.39 is 0 Å². The van der Waals surface area contributed by atoms with Gasteiger partial charge in [-0.25, -0.2) is 0 Å². The summed E-state index contributed by atoms with van der Waals surface area (Å²) in [6.45, 7) is 2.73. The highest BCUT2D eigenvalue weighted by molar-refractivity contribution is 7.99. The first kappa shape index (κ1) is 16.7. The number of furan rings is 1. The molecule has 4 heteroatoms. The van der Waals surface area contributed by atoms with Gasteiger partial charge in [-0.05, 0) is 36.4 Å². The lowest BCUT2D eigenvalue weighted by Crippen LogP contribution is -2.25. The predicted octanol–water partition coefficient (Wildman–Crippen LogP) is 4.91. The molecule has 0 fully saturated rings. The summed E-state index contributed by atoms with van der Waals surface area (Å²) in [6.07, 6.45) is 1.68. The van der Waals surface area contributed by atoms with Crippen molar-refractivity contribution in [3.63, 3.8) is 0 Å². The van der Waals surface area contributed by atoms with E-state index in [1.807, 2.05) is 48.5 Å². The van der Waals surface area contributed by atoms with Crippen LogP contribution in [0.2, 0.25) is 0 Å². The topological polar surface area (TPSA) is 42.2 Å². The quantitative estimate of drug-likeness (QED) is 0.491. The average Bonchev–Trinajstić information content (AvgIpc) is 3.02. The van der Waals surface area contributed by atoms with Gasteiger partial charge in [0.2, 0.25) is 0 Å². The largest absolute Gasteiger partial charge is 0.461 e. The van der Waals surface area contributed by atoms with Crippen LogP contribution in [-0.2, 0) is 6.42 Å². The summed E-state index contributed by atoms with van der Waals surface area (Å²) in [5.74, 6) is 1.92. The molecule has 1 aromatic heterocycles. The fraction of sp³-hybridized carbons (Fsp3) is 0.250. The van der Waals surface area contributed by atoms with Crippen molar-refractivity contribution in [1.29, 1.82) is 0 Å². The van der Waals surface area contributed by atoms with E-state index in [0.717, 1.165) is 45.8 Å². The molecule has 1 N–H and O–H groups in total. The molecule has 0 atom stereocenters. The molecule has 0 saturated heterocycles. The highest BCUT2D eigenvalue weighted by Crippen LogP contribution is 2.22. The molecule has 0 aliphatic carbocycles. The van der Waals surface area contributed by atoms with E-state index in [9.17, 15) is 4.79 Å². The van der Waals surface area contributed by atoms with Crippen LogP contribution >= 0.6 is 11.8 Å². The minimum Gasteiger partial charge on any atom is -0.461 e. The lowest BCUT2D eigenvalue weighted by Gasteiger charge is -2.08. The van der Waals surface area contributed by atoms with Crippen LogP contribution in [0, 0.1) is 0 Å². The van der Waals surface area contributed by atoms with Crippen molar-refractivity contribution in [1.82, 2.24) is 5.32 Å². The Morgan fingerprint density at radius 3 is 2.75 bits per heavy atom. The summed E-state index contributed by atoms with van der Waals surface area (Å²) in [5, 5.41) is 4.13. The number of hydrogen-bond acceptors (Lipinski definition) is 3. The Balaban J connectivity index is 1.52. The summed E-state index contributed by atoms with van der Waals surface area (Å²) in [7, 11) is 0. The van der Waals surface area contributed by atoms with E-state index in [1.54, 1.807) is 11.8 Å². The van der Waals surface area contributed by atoms with Crippen molar-refractivity contribution in [3.05, 3.63) is 65.9 Å². The van der Waals surface area contributed by atoms with Gasteiger partial charge in [-0.15, -0.1) is 11.8 Å². The van der Waals surface area contributed by atoms with Gasteiger partial charge in [0.25, 0.3) is 5.91 Å². The Morgan fingerprint density at radius 2 is 1.92 bits per heavy atom. The SMILES string of the molecule is CCSc1ccccc1C(=O)NCCCc1cc2ccccc2o1. The molecule has 3 rings (SSSR count). The molecule has 2 aromatic carbocycles. The second-order valence-electron chi connectivity index (χ2n) is 5.54. The highest BCUT2D eigenvalue weighted by atomic mass is 32.2. The molecule has 3 aromatic rings. The molecular weight excluding hydrogens is 318 g/mol. The van der Waals surface area contributed by atoms with Crippen molar-refractivity contribution < 1.29 is 9.21 Å². The Labute approximate surface area is 146 Å². The van der Waals surface area contributed by atoms with E-state index in [2.05, 4.69) is 18.3 Å². The average molecular weight is 339 g/mol. The van der Waals surface area contributed by atoms with Crippen LogP contribution in [0.25, 0.3) is 11.0 Å². The van der Waals surface area contributed by atoms with Crippen LogP contribution in [0.1, 0.15) is 29.5 Å². The number of rotatable bonds is 7. The molecule has 3 nitrogen and oxygen atoms in total. The molecule has 124 valence electrons. The summed E-state index contributed by atoms with van der Waals surface area (Å²) in [6, 6.07) is 17.8.